The van der Waals surface area contributed by atoms with Gasteiger partial charge in [0.15, 0.2) is 11.0 Å². The average Bonchev–Trinajstić information content (AvgIpc) is 3.45. The average molecular weight is 438 g/mol. The molecule has 1 aromatic heterocycles. The van der Waals surface area contributed by atoms with Gasteiger partial charge in [-0.3, -0.25) is 9.69 Å². The number of aliphatic hydroxyl groups excluding tert-OH is 1. The highest BCUT2D eigenvalue weighted by molar-refractivity contribution is 6.04. The lowest BCUT2D eigenvalue weighted by atomic mass is 10.1. The van der Waals surface area contributed by atoms with Gasteiger partial charge in [0, 0.05) is 36.4 Å². The maximum Gasteiger partial charge on any atom is 0.256 e. The van der Waals surface area contributed by atoms with E-state index in [1.807, 2.05) is 71.6 Å². The molecule has 0 saturated carbocycles. The molecule has 164 valence electrons. The molecule has 0 unspecified atom stereocenters. The number of anilines is 1. The van der Waals surface area contributed by atoms with Gasteiger partial charge in [-0.05, 0) is 60.4 Å². The molecule has 1 atom stereocenters. The van der Waals surface area contributed by atoms with Crippen LogP contribution in [-0.4, -0.2) is 40.1 Å². The second-order valence-electron chi connectivity index (χ2n) is 8.31. The number of aliphatic hydroxyl groups is 1. The third-order valence-corrected chi connectivity index (χ3v) is 5.82. The minimum atomic E-state index is -0.218. The van der Waals surface area contributed by atoms with Gasteiger partial charge in [0.2, 0.25) is 0 Å². The first-order chi connectivity index (χ1) is 16.1. The molecule has 0 spiro atoms. The van der Waals surface area contributed by atoms with Crippen molar-refractivity contribution in [2.24, 2.45) is 0 Å². The van der Waals surface area contributed by atoms with Crippen LogP contribution < -0.4 is 9.88 Å². The van der Waals surface area contributed by atoms with Crippen LogP contribution in [0.2, 0.25) is 0 Å². The fraction of sp³-hybridized carbons (Fsp3) is 0.185. The van der Waals surface area contributed by atoms with Crippen molar-refractivity contribution >= 4 is 22.6 Å². The fourth-order valence-corrected chi connectivity index (χ4v) is 4.08. The first-order valence-corrected chi connectivity index (χ1v) is 11.0. The van der Waals surface area contributed by atoms with Crippen molar-refractivity contribution in [3.8, 4) is 12.0 Å². The van der Waals surface area contributed by atoms with Crippen molar-refractivity contribution in [3.63, 3.8) is 0 Å². The summed E-state index contributed by atoms with van der Waals surface area (Å²) in [5.41, 5.74) is 5.25. The van der Waals surface area contributed by atoms with Gasteiger partial charge in [0.05, 0.1) is 6.10 Å². The number of nitrogens with one attached hydrogen (secondary N) is 2. The number of benzene rings is 3. The standard InChI is InChI=1S/C27H24N4O2/c32-24-13-14-30(18-24)17-21-8-10-23(11-9-21)29-27(33)22-5-3-4-20(16-22)12-15-31-19-28-25-6-1-2-7-26(25)31/h1-11,16,19,24,32H,13-14,17-18H2,(H,29,33)/p+1/t24-/m1/s1. The number of carbonyl (C=O) groups is 1. The number of amides is 1. The maximum absolute atomic E-state index is 12.8. The van der Waals surface area contributed by atoms with Crippen molar-refractivity contribution in [1.82, 2.24) is 9.88 Å². The number of nitrogens with zero attached hydrogens (tertiary/aromatic N) is 2. The predicted molar refractivity (Wildman–Crippen MR) is 128 cm³/mol. The molecule has 0 bridgehead atoms. The Morgan fingerprint density at radius 3 is 2.79 bits per heavy atom. The second-order valence-corrected chi connectivity index (χ2v) is 8.31. The molecule has 1 aliphatic rings. The van der Waals surface area contributed by atoms with E-state index < -0.39 is 0 Å². The van der Waals surface area contributed by atoms with Crippen LogP contribution in [0.15, 0.2) is 79.1 Å². The summed E-state index contributed by atoms with van der Waals surface area (Å²) in [6.07, 6.45) is 2.44. The summed E-state index contributed by atoms with van der Waals surface area (Å²) in [5, 5.41) is 12.6. The smallest absolute Gasteiger partial charge is 0.256 e. The first-order valence-electron chi connectivity index (χ1n) is 11.0. The molecule has 3 N–H and O–H groups in total. The van der Waals surface area contributed by atoms with E-state index in [2.05, 4.69) is 27.2 Å². The molecule has 1 amide bonds. The quantitative estimate of drug-likeness (QED) is 0.339. The van der Waals surface area contributed by atoms with Crippen molar-refractivity contribution in [3.05, 3.63) is 95.8 Å². The Labute approximate surface area is 192 Å². The van der Waals surface area contributed by atoms with Gasteiger partial charge < -0.3 is 10.4 Å². The lowest BCUT2D eigenvalue weighted by molar-refractivity contribution is -0.554. The number of aromatic nitrogens is 2. The van der Waals surface area contributed by atoms with Gasteiger partial charge in [-0.25, -0.2) is 4.98 Å². The Hall–Kier alpha value is -3.92. The molecule has 6 heteroatoms. The molecule has 1 fully saturated rings. The van der Waals surface area contributed by atoms with Crippen LogP contribution in [0.5, 0.6) is 0 Å². The number of rotatable bonds is 4. The molecular formula is C27H25N4O2+. The van der Waals surface area contributed by atoms with Gasteiger partial charge in [-0.15, -0.1) is 4.57 Å². The summed E-state index contributed by atoms with van der Waals surface area (Å²) >= 11 is 0. The second kappa shape index (κ2) is 9.29. The van der Waals surface area contributed by atoms with Gasteiger partial charge in [-0.1, -0.05) is 30.3 Å². The Bertz CT molecular complexity index is 1350. The van der Waals surface area contributed by atoms with Gasteiger partial charge >= 0.3 is 0 Å². The molecule has 0 aliphatic carbocycles. The molecule has 3 aromatic carbocycles. The number of imidazole rings is 1. The monoisotopic (exact) mass is 437 g/mol. The lowest BCUT2D eigenvalue weighted by Crippen LogP contribution is -2.25. The summed E-state index contributed by atoms with van der Waals surface area (Å²) in [5.74, 6) is 2.96. The van der Waals surface area contributed by atoms with Crippen molar-refractivity contribution < 1.29 is 14.5 Å². The van der Waals surface area contributed by atoms with E-state index in [4.69, 9.17) is 0 Å². The Kier molecular flexibility index (Phi) is 5.90. The van der Waals surface area contributed by atoms with E-state index in [1.54, 1.807) is 12.1 Å². The largest absolute Gasteiger partial charge is 0.392 e. The lowest BCUT2D eigenvalue weighted by Gasteiger charge is -2.15. The number of hydrogen-bond donors (Lipinski definition) is 3. The molecule has 33 heavy (non-hydrogen) atoms. The van der Waals surface area contributed by atoms with E-state index in [-0.39, 0.29) is 12.0 Å². The van der Waals surface area contributed by atoms with Crippen molar-refractivity contribution in [1.29, 1.82) is 0 Å². The van der Waals surface area contributed by atoms with Crippen LogP contribution in [0.1, 0.15) is 27.9 Å². The van der Waals surface area contributed by atoms with Crippen LogP contribution in [0.25, 0.3) is 11.0 Å². The summed E-state index contributed by atoms with van der Waals surface area (Å²) in [4.78, 5) is 18.2. The predicted octanol–water partition coefficient (Wildman–Crippen LogP) is 3.13. The number of hydrogen-bond acceptors (Lipinski definition) is 3. The van der Waals surface area contributed by atoms with Gasteiger partial charge in [0.1, 0.15) is 6.04 Å². The third kappa shape index (κ3) is 4.96. The molecule has 0 radical (unpaired) electrons. The van der Waals surface area contributed by atoms with Gasteiger partial charge in [-0.2, -0.15) is 0 Å². The number of likely N-dealkylation sites (tertiary alicyclic amines) is 1. The first kappa shape index (κ1) is 21.0. The van der Waals surface area contributed by atoms with Crippen molar-refractivity contribution in [2.45, 2.75) is 19.1 Å². The molecule has 5 rings (SSSR count). The van der Waals surface area contributed by atoms with E-state index in [0.717, 1.165) is 53.9 Å². The number of β-amino-alcohol motifs (C(OH)–C–C–N with tert-alkyl or cyclic N) is 1. The maximum atomic E-state index is 12.8. The van der Waals surface area contributed by atoms with Crippen LogP contribution >= 0.6 is 0 Å². The van der Waals surface area contributed by atoms with Crippen LogP contribution in [0.3, 0.4) is 0 Å². The third-order valence-electron chi connectivity index (χ3n) is 5.82. The number of aromatic amines is 1. The highest BCUT2D eigenvalue weighted by Crippen LogP contribution is 2.16. The van der Waals surface area contributed by atoms with Gasteiger partial charge in [0.25, 0.3) is 12.2 Å². The zero-order chi connectivity index (χ0) is 22.6. The summed E-state index contributed by atoms with van der Waals surface area (Å²) in [6, 6.07) is 26.2. The van der Waals surface area contributed by atoms with E-state index in [9.17, 15) is 9.90 Å². The molecular weight excluding hydrogens is 412 g/mol. The van der Waals surface area contributed by atoms with Crippen LogP contribution in [-0.2, 0) is 6.54 Å². The zero-order valence-corrected chi connectivity index (χ0v) is 18.2. The Balaban J connectivity index is 1.25. The highest BCUT2D eigenvalue weighted by atomic mass is 16.3. The number of fused-ring (bicyclic) bond motifs is 1. The minimum absolute atomic E-state index is 0.172. The molecule has 4 aromatic rings. The SMILES string of the molecule is O=C(Nc1ccc(CN2CC[C@@H](O)C2)cc1)c1cccc(C#C[n+]2c[nH]c3ccccc32)c1. The summed E-state index contributed by atoms with van der Waals surface area (Å²) in [7, 11) is 0. The van der Waals surface area contributed by atoms with E-state index >= 15 is 0 Å². The Morgan fingerprint density at radius 1 is 1.12 bits per heavy atom. The van der Waals surface area contributed by atoms with Crippen LogP contribution in [0, 0.1) is 12.0 Å². The molecule has 1 saturated heterocycles. The van der Waals surface area contributed by atoms with Crippen molar-refractivity contribution in [2.75, 3.05) is 18.4 Å². The van der Waals surface area contributed by atoms with Crippen LogP contribution in [0.4, 0.5) is 5.69 Å². The zero-order valence-electron chi connectivity index (χ0n) is 18.2. The molecule has 1 aliphatic heterocycles. The number of para-hydroxylation sites is 2. The normalized spacial score (nSPS) is 15.8. The van der Waals surface area contributed by atoms with E-state index in [0.29, 0.717) is 5.56 Å². The number of H-pyrrole nitrogens is 1. The molecule has 2 heterocycles. The van der Waals surface area contributed by atoms with E-state index in [1.165, 1.54) is 0 Å². The summed E-state index contributed by atoms with van der Waals surface area (Å²) in [6.45, 7) is 2.44. The topological polar surface area (TPSA) is 72.2 Å². The Morgan fingerprint density at radius 2 is 1.97 bits per heavy atom. The highest BCUT2D eigenvalue weighted by Gasteiger charge is 2.19. The fourth-order valence-electron chi connectivity index (χ4n) is 4.08. The number of carbonyl (C=O) groups excluding carboxylic acids is 1. The minimum Gasteiger partial charge on any atom is -0.392 e. The molecule has 6 nitrogen and oxygen atoms in total. The summed E-state index contributed by atoms with van der Waals surface area (Å²) < 4.78 is 1.84.